The van der Waals surface area contributed by atoms with Crippen LogP contribution in [0.4, 0.5) is 11.4 Å². The van der Waals surface area contributed by atoms with Crippen LogP contribution in [0.1, 0.15) is 11.3 Å². The molecule has 0 unspecified atom stereocenters. The molecule has 2 heterocycles. The molecule has 3 rings (SSSR count). The number of hydrogen-bond acceptors (Lipinski definition) is 5. The van der Waals surface area contributed by atoms with Gasteiger partial charge in [0, 0.05) is 24.1 Å². The topological polar surface area (TPSA) is 94.9 Å². The summed E-state index contributed by atoms with van der Waals surface area (Å²) in [6, 6.07) is 9.98. The first-order chi connectivity index (χ1) is 10.1. The van der Waals surface area contributed by atoms with Crippen molar-refractivity contribution in [2.24, 2.45) is 0 Å². The van der Waals surface area contributed by atoms with E-state index in [0.29, 0.717) is 5.69 Å². The van der Waals surface area contributed by atoms with E-state index in [2.05, 4.69) is 15.0 Å². The molecule has 1 aromatic carbocycles. The van der Waals surface area contributed by atoms with E-state index in [0.717, 1.165) is 24.2 Å². The first-order valence-electron chi connectivity index (χ1n) is 6.35. The Balaban J connectivity index is 1.95. The summed E-state index contributed by atoms with van der Waals surface area (Å²) in [5.41, 5.74) is 2.46. The standard InChI is InChI=1S/C14H12N4O2S/c15-9-13-14(2-1-6-16-13)21(19,20)18-11-3-4-12-10(8-11)5-7-17-12/h1-4,6,8,17-18H,5,7H2. The number of rotatable bonds is 3. The van der Waals surface area contributed by atoms with Crippen molar-refractivity contribution in [2.45, 2.75) is 11.3 Å². The Morgan fingerprint density at radius 2 is 2.19 bits per heavy atom. The minimum Gasteiger partial charge on any atom is -0.384 e. The smallest absolute Gasteiger partial charge is 0.264 e. The summed E-state index contributed by atoms with van der Waals surface area (Å²) in [6.07, 6.45) is 2.25. The molecular weight excluding hydrogens is 288 g/mol. The summed E-state index contributed by atoms with van der Waals surface area (Å²) in [4.78, 5) is 3.65. The average molecular weight is 300 g/mol. The van der Waals surface area contributed by atoms with Crippen LogP contribution in [0.3, 0.4) is 0 Å². The second-order valence-electron chi connectivity index (χ2n) is 4.62. The zero-order valence-corrected chi connectivity index (χ0v) is 11.8. The molecule has 2 N–H and O–H groups in total. The Morgan fingerprint density at radius 1 is 1.33 bits per heavy atom. The number of nitrogens with one attached hydrogen (secondary N) is 2. The average Bonchev–Trinajstić information content (AvgIpc) is 2.94. The van der Waals surface area contributed by atoms with Crippen molar-refractivity contribution in [1.29, 1.82) is 5.26 Å². The molecule has 0 atom stereocenters. The van der Waals surface area contributed by atoms with Gasteiger partial charge in [-0.1, -0.05) is 0 Å². The van der Waals surface area contributed by atoms with Crippen molar-refractivity contribution in [3.63, 3.8) is 0 Å². The molecule has 0 spiro atoms. The molecule has 0 saturated heterocycles. The number of hydrogen-bond donors (Lipinski definition) is 2. The lowest BCUT2D eigenvalue weighted by Gasteiger charge is -2.10. The van der Waals surface area contributed by atoms with E-state index in [1.165, 1.54) is 18.3 Å². The summed E-state index contributed by atoms with van der Waals surface area (Å²) < 4.78 is 27.2. The van der Waals surface area contributed by atoms with Crippen LogP contribution in [0.5, 0.6) is 0 Å². The molecule has 21 heavy (non-hydrogen) atoms. The van der Waals surface area contributed by atoms with Gasteiger partial charge in [0.05, 0.1) is 0 Å². The van der Waals surface area contributed by atoms with Crippen LogP contribution >= 0.6 is 0 Å². The number of sulfonamides is 1. The zero-order valence-electron chi connectivity index (χ0n) is 11.0. The lowest BCUT2D eigenvalue weighted by molar-refractivity contribution is 0.600. The van der Waals surface area contributed by atoms with Gasteiger partial charge in [0.2, 0.25) is 0 Å². The minimum atomic E-state index is -3.83. The first-order valence-corrected chi connectivity index (χ1v) is 7.83. The molecule has 0 fully saturated rings. The van der Waals surface area contributed by atoms with Gasteiger partial charge < -0.3 is 5.32 Å². The molecule has 0 bridgehead atoms. The summed E-state index contributed by atoms with van der Waals surface area (Å²) in [5, 5.41) is 12.2. The number of anilines is 2. The van der Waals surface area contributed by atoms with Gasteiger partial charge >= 0.3 is 0 Å². The van der Waals surface area contributed by atoms with Gasteiger partial charge in [0.25, 0.3) is 10.0 Å². The molecule has 0 radical (unpaired) electrons. The number of fused-ring (bicyclic) bond motifs is 1. The molecule has 1 aliphatic rings. The zero-order chi connectivity index (χ0) is 14.9. The predicted molar refractivity (Wildman–Crippen MR) is 78.4 cm³/mol. The highest BCUT2D eigenvalue weighted by molar-refractivity contribution is 7.92. The van der Waals surface area contributed by atoms with Gasteiger partial charge in [-0.3, -0.25) is 4.72 Å². The highest BCUT2D eigenvalue weighted by atomic mass is 32.2. The Hall–Kier alpha value is -2.59. The van der Waals surface area contributed by atoms with Crippen molar-refractivity contribution >= 4 is 21.4 Å². The molecular formula is C14H12N4O2S. The molecule has 6 nitrogen and oxygen atoms in total. The van der Waals surface area contributed by atoms with E-state index in [9.17, 15) is 8.42 Å². The molecule has 7 heteroatoms. The van der Waals surface area contributed by atoms with Crippen LogP contribution in [0, 0.1) is 11.3 Å². The Labute approximate surface area is 122 Å². The maximum Gasteiger partial charge on any atom is 0.264 e. The first kappa shape index (κ1) is 13.4. The van der Waals surface area contributed by atoms with Gasteiger partial charge in [0.1, 0.15) is 11.0 Å². The highest BCUT2D eigenvalue weighted by Gasteiger charge is 2.20. The van der Waals surface area contributed by atoms with Crippen LogP contribution < -0.4 is 10.0 Å². The second-order valence-corrected chi connectivity index (χ2v) is 6.27. The highest BCUT2D eigenvalue weighted by Crippen LogP contribution is 2.26. The fraction of sp³-hybridized carbons (Fsp3) is 0.143. The van der Waals surface area contributed by atoms with E-state index in [1.807, 2.05) is 6.07 Å². The minimum absolute atomic E-state index is 0.118. The monoisotopic (exact) mass is 300 g/mol. The fourth-order valence-corrected chi connectivity index (χ4v) is 3.43. The maximum absolute atomic E-state index is 12.4. The van der Waals surface area contributed by atoms with Gasteiger partial charge in [-0.15, -0.1) is 0 Å². The summed E-state index contributed by atoms with van der Waals surface area (Å²) in [7, 11) is -3.83. The van der Waals surface area contributed by atoms with E-state index in [-0.39, 0.29) is 10.6 Å². The predicted octanol–water partition coefficient (Wildman–Crippen LogP) is 1.72. The lowest BCUT2D eigenvalue weighted by atomic mass is 10.1. The molecule has 0 saturated carbocycles. The molecule has 2 aromatic rings. The lowest BCUT2D eigenvalue weighted by Crippen LogP contribution is -2.15. The number of nitrogens with zero attached hydrogens (tertiary/aromatic N) is 2. The van der Waals surface area contributed by atoms with Crippen molar-refractivity contribution in [2.75, 3.05) is 16.6 Å². The molecule has 0 amide bonds. The van der Waals surface area contributed by atoms with E-state index < -0.39 is 10.0 Å². The number of pyridine rings is 1. The normalized spacial score (nSPS) is 13.1. The van der Waals surface area contributed by atoms with E-state index in [4.69, 9.17) is 5.26 Å². The Morgan fingerprint density at radius 3 is 3.00 bits per heavy atom. The Bertz CT molecular complexity index is 840. The molecule has 1 aromatic heterocycles. The largest absolute Gasteiger partial charge is 0.384 e. The van der Waals surface area contributed by atoms with Crippen LogP contribution in [0.2, 0.25) is 0 Å². The van der Waals surface area contributed by atoms with Crippen LogP contribution in [0.15, 0.2) is 41.4 Å². The third kappa shape index (κ3) is 2.53. The van der Waals surface area contributed by atoms with Crippen molar-refractivity contribution in [1.82, 2.24) is 4.98 Å². The van der Waals surface area contributed by atoms with Crippen LogP contribution in [0.25, 0.3) is 0 Å². The van der Waals surface area contributed by atoms with E-state index in [1.54, 1.807) is 18.2 Å². The van der Waals surface area contributed by atoms with Gasteiger partial charge in [-0.05, 0) is 42.3 Å². The van der Waals surface area contributed by atoms with Gasteiger partial charge in [-0.2, -0.15) is 5.26 Å². The van der Waals surface area contributed by atoms with Crippen LogP contribution in [-0.2, 0) is 16.4 Å². The summed E-state index contributed by atoms with van der Waals surface area (Å²) >= 11 is 0. The quantitative estimate of drug-likeness (QED) is 0.900. The summed E-state index contributed by atoms with van der Waals surface area (Å²) in [5.74, 6) is 0. The number of benzene rings is 1. The van der Waals surface area contributed by atoms with Gasteiger partial charge in [0.15, 0.2) is 5.69 Å². The third-order valence-electron chi connectivity index (χ3n) is 3.23. The SMILES string of the molecule is N#Cc1ncccc1S(=O)(=O)Nc1ccc2c(c1)CCN2. The van der Waals surface area contributed by atoms with Gasteiger partial charge in [-0.25, -0.2) is 13.4 Å². The van der Waals surface area contributed by atoms with Crippen molar-refractivity contribution < 1.29 is 8.42 Å². The molecule has 0 aliphatic carbocycles. The van der Waals surface area contributed by atoms with Crippen molar-refractivity contribution in [3.8, 4) is 6.07 Å². The third-order valence-corrected chi connectivity index (χ3v) is 4.65. The van der Waals surface area contributed by atoms with E-state index >= 15 is 0 Å². The second kappa shape index (κ2) is 5.07. The number of aromatic nitrogens is 1. The summed E-state index contributed by atoms with van der Waals surface area (Å²) in [6.45, 7) is 0.854. The molecule has 1 aliphatic heterocycles. The fourth-order valence-electron chi connectivity index (χ4n) is 2.27. The maximum atomic E-state index is 12.4. The van der Waals surface area contributed by atoms with Crippen molar-refractivity contribution in [3.05, 3.63) is 47.8 Å². The Kier molecular flexibility index (Phi) is 3.23. The van der Waals surface area contributed by atoms with Crippen LogP contribution in [-0.4, -0.2) is 19.9 Å². The number of nitriles is 1. The molecule has 106 valence electrons.